The van der Waals surface area contributed by atoms with Crippen LogP contribution >= 0.6 is 0 Å². The van der Waals surface area contributed by atoms with Crippen LogP contribution in [0.3, 0.4) is 0 Å². The zero-order valence-corrected chi connectivity index (χ0v) is 17.0. The molecule has 3 rings (SSSR count). The van der Waals surface area contributed by atoms with E-state index >= 15 is 0 Å². The molecule has 0 amide bonds. The van der Waals surface area contributed by atoms with Crippen LogP contribution in [0.5, 0.6) is 0 Å². The van der Waals surface area contributed by atoms with E-state index in [9.17, 15) is 4.79 Å². The van der Waals surface area contributed by atoms with Crippen LogP contribution in [-0.4, -0.2) is 18.8 Å². The van der Waals surface area contributed by atoms with Crippen LogP contribution < -0.4 is 0 Å². The Balaban J connectivity index is 1.83. The number of benzene rings is 2. The lowest BCUT2D eigenvalue weighted by atomic mass is 9.63. The van der Waals surface area contributed by atoms with Gasteiger partial charge in [-0.1, -0.05) is 39.8 Å². The van der Waals surface area contributed by atoms with E-state index in [1.807, 2.05) is 18.3 Å². The first-order valence-corrected chi connectivity index (χ1v) is 9.69. The second-order valence-electron chi connectivity index (χ2n) is 8.60. The van der Waals surface area contributed by atoms with Gasteiger partial charge in [0.05, 0.1) is 17.9 Å². The minimum Gasteiger partial charge on any atom is -0.462 e. The molecule has 0 unspecified atom stereocenters. The average molecular weight is 364 g/mol. The molecule has 0 aromatic heterocycles. The fraction of sp³-hybridized carbons (Fsp3) is 0.417. The highest BCUT2D eigenvalue weighted by Gasteiger charge is 2.36. The number of fused-ring (bicyclic) bond motifs is 1. The number of esters is 1. The third kappa shape index (κ3) is 4.13. The number of hydrogen-bond acceptors (Lipinski definition) is 3. The van der Waals surface area contributed by atoms with Crippen molar-refractivity contribution >= 4 is 17.9 Å². The van der Waals surface area contributed by atoms with Crippen molar-refractivity contribution in [1.29, 1.82) is 0 Å². The van der Waals surface area contributed by atoms with Crippen LogP contribution in [0, 0.1) is 0 Å². The smallest absolute Gasteiger partial charge is 0.338 e. The second-order valence-corrected chi connectivity index (χ2v) is 8.60. The van der Waals surface area contributed by atoms with Crippen LogP contribution in [-0.2, 0) is 15.6 Å². The van der Waals surface area contributed by atoms with Crippen molar-refractivity contribution in [3.8, 4) is 0 Å². The van der Waals surface area contributed by atoms with E-state index in [1.165, 1.54) is 24.0 Å². The van der Waals surface area contributed by atoms with Gasteiger partial charge in [-0.05, 0) is 77.6 Å². The molecular weight excluding hydrogens is 334 g/mol. The average Bonchev–Trinajstić information content (AvgIpc) is 2.64. The lowest BCUT2D eigenvalue weighted by molar-refractivity contribution is 0.0526. The molecule has 142 valence electrons. The molecule has 0 saturated heterocycles. The molecule has 3 nitrogen and oxygen atoms in total. The predicted molar refractivity (Wildman–Crippen MR) is 111 cm³/mol. The molecule has 0 bridgehead atoms. The molecule has 0 heterocycles. The summed E-state index contributed by atoms with van der Waals surface area (Å²) in [6, 6.07) is 13.9. The summed E-state index contributed by atoms with van der Waals surface area (Å²) in [5.41, 5.74) is 5.78. The highest BCUT2D eigenvalue weighted by molar-refractivity contribution is 5.90. The van der Waals surface area contributed by atoms with Gasteiger partial charge in [0.15, 0.2) is 0 Å². The minimum atomic E-state index is -0.299. The summed E-state index contributed by atoms with van der Waals surface area (Å²) in [5, 5.41) is 0. The molecular formula is C24H29NO2. The number of carbonyl (C=O) groups excluding carboxylic acids is 1. The van der Waals surface area contributed by atoms with E-state index in [-0.39, 0.29) is 16.8 Å². The van der Waals surface area contributed by atoms with E-state index in [0.29, 0.717) is 12.2 Å². The molecule has 2 aromatic rings. The summed E-state index contributed by atoms with van der Waals surface area (Å²) in [5.74, 6) is -0.299. The summed E-state index contributed by atoms with van der Waals surface area (Å²) in [6.45, 7) is 11.5. The lowest BCUT2D eigenvalue weighted by Gasteiger charge is -2.42. The first-order valence-electron chi connectivity index (χ1n) is 9.69. The molecule has 0 radical (unpaired) electrons. The normalized spacial score (nSPS) is 17.5. The Hall–Kier alpha value is -2.42. The molecule has 1 aliphatic rings. The van der Waals surface area contributed by atoms with Gasteiger partial charge in [-0.3, -0.25) is 4.99 Å². The Morgan fingerprint density at radius 1 is 1.00 bits per heavy atom. The van der Waals surface area contributed by atoms with Gasteiger partial charge in [0.25, 0.3) is 0 Å². The molecule has 1 aliphatic carbocycles. The molecule has 27 heavy (non-hydrogen) atoms. The van der Waals surface area contributed by atoms with Gasteiger partial charge in [0.2, 0.25) is 0 Å². The maximum absolute atomic E-state index is 11.7. The Labute approximate surface area is 162 Å². The Kier molecular flexibility index (Phi) is 5.23. The highest BCUT2D eigenvalue weighted by atomic mass is 16.5. The Bertz CT molecular complexity index is 860. The van der Waals surface area contributed by atoms with Crippen molar-refractivity contribution in [3.05, 3.63) is 64.7 Å². The molecule has 3 heteroatoms. The molecule has 0 spiro atoms. The van der Waals surface area contributed by atoms with Crippen LogP contribution in [0.2, 0.25) is 0 Å². The van der Waals surface area contributed by atoms with Gasteiger partial charge in [-0.25, -0.2) is 4.79 Å². The number of ether oxygens (including phenoxy) is 1. The van der Waals surface area contributed by atoms with Gasteiger partial charge in [-0.15, -0.1) is 0 Å². The quantitative estimate of drug-likeness (QED) is 0.496. The summed E-state index contributed by atoms with van der Waals surface area (Å²) < 4.78 is 5.01. The summed E-state index contributed by atoms with van der Waals surface area (Å²) in [7, 11) is 0. The van der Waals surface area contributed by atoms with E-state index in [4.69, 9.17) is 4.74 Å². The maximum atomic E-state index is 11.7. The van der Waals surface area contributed by atoms with Gasteiger partial charge in [0, 0.05) is 6.21 Å². The van der Waals surface area contributed by atoms with E-state index < -0.39 is 0 Å². The SMILES string of the molecule is CCOC(=O)c1ccc(N=Cc2ccc3c(c2)C(C)(C)CCC3(C)C)cc1. The maximum Gasteiger partial charge on any atom is 0.338 e. The van der Waals surface area contributed by atoms with Crippen molar-refractivity contribution in [2.24, 2.45) is 4.99 Å². The van der Waals surface area contributed by atoms with Gasteiger partial charge in [-0.2, -0.15) is 0 Å². The predicted octanol–water partition coefficient (Wildman–Crippen LogP) is 5.96. The number of carbonyl (C=O) groups is 1. The van der Waals surface area contributed by atoms with Crippen LogP contribution in [0.25, 0.3) is 0 Å². The first-order chi connectivity index (χ1) is 12.7. The van der Waals surface area contributed by atoms with Crippen molar-refractivity contribution in [1.82, 2.24) is 0 Å². The third-order valence-corrected chi connectivity index (χ3v) is 5.62. The fourth-order valence-corrected chi connectivity index (χ4v) is 3.73. The third-order valence-electron chi connectivity index (χ3n) is 5.62. The second kappa shape index (κ2) is 7.30. The number of hydrogen-bond donors (Lipinski definition) is 0. The Morgan fingerprint density at radius 2 is 1.63 bits per heavy atom. The van der Waals surface area contributed by atoms with Crippen molar-refractivity contribution in [3.63, 3.8) is 0 Å². The zero-order chi connectivity index (χ0) is 19.7. The number of rotatable bonds is 4. The highest BCUT2D eigenvalue weighted by Crippen LogP contribution is 2.45. The van der Waals surface area contributed by atoms with Crippen LogP contribution in [0.1, 0.15) is 74.5 Å². The molecule has 0 atom stereocenters. The summed E-state index contributed by atoms with van der Waals surface area (Å²) in [4.78, 5) is 16.3. The Morgan fingerprint density at radius 3 is 2.26 bits per heavy atom. The van der Waals surface area contributed by atoms with Gasteiger partial charge < -0.3 is 4.74 Å². The fourth-order valence-electron chi connectivity index (χ4n) is 3.73. The standard InChI is InChI=1S/C24H29NO2/c1-6-27-22(26)18-8-10-19(11-9-18)25-16-17-7-12-20-21(15-17)24(4,5)14-13-23(20,2)3/h7-12,15-16H,6,13-14H2,1-5H3. The van der Waals surface area contributed by atoms with Gasteiger partial charge >= 0.3 is 5.97 Å². The monoisotopic (exact) mass is 363 g/mol. The molecule has 2 aromatic carbocycles. The van der Waals surface area contributed by atoms with Crippen LogP contribution in [0.15, 0.2) is 47.5 Å². The van der Waals surface area contributed by atoms with Crippen molar-refractivity contribution in [2.75, 3.05) is 6.61 Å². The van der Waals surface area contributed by atoms with E-state index in [2.05, 4.69) is 50.9 Å². The molecule has 0 saturated carbocycles. The van der Waals surface area contributed by atoms with E-state index in [1.54, 1.807) is 19.1 Å². The molecule has 0 N–H and O–H groups in total. The first kappa shape index (κ1) is 19.3. The van der Waals surface area contributed by atoms with Gasteiger partial charge in [0.1, 0.15) is 0 Å². The van der Waals surface area contributed by atoms with E-state index in [0.717, 1.165) is 11.3 Å². The summed E-state index contributed by atoms with van der Waals surface area (Å²) in [6.07, 6.45) is 4.31. The van der Waals surface area contributed by atoms with Crippen LogP contribution in [0.4, 0.5) is 5.69 Å². The van der Waals surface area contributed by atoms with Crippen molar-refractivity contribution in [2.45, 2.75) is 58.3 Å². The van der Waals surface area contributed by atoms with Crippen molar-refractivity contribution < 1.29 is 9.53 Å². The number of nitrogens with zero attached hydrogens (tertiary/aromatic N) is 1. The lowest BCUT2D eigenvalue weighted by Crippen LogP contribution is -2.33. The zero-order valence-electron chi connectivity index (χ0n) is 17.0. The molecule has 0 aliphatic heterocycles. The topological polar surface area (TPSA) is 38.7 Å². The largest absolute Gasteiger partial charge is 0.462 e. The summed E-state index contributed by atoms with van der Waals surface area (Å²) >= 11 is 0. The molecule has 0 fully saturated rings. The minimum absolute atomic E-state index is 0.190. The number of aliphatic imine (C=N–C) groups is 1.